The van der Waals surface area contributed by atoms with Crippen LogP contribution < -0.4 is 10.5 Å². The third kappa shape index (κ3) is 4.73. The molecule has 6 heteroatoms. The highest BCUT2D eigenvalue weighted by molar-refractivity contribution is 6.30. The maximum atomic E-state index is 13.6. The van der Waals surface area contributed by atoms with Crippen molar-refractivity contribution < 1.29 is 14.3 Å². The van der Waals surface area contributed by atoms with Crippen LogP contribution in [0.1, 0.15) is 48.9 Å². The van der Waals surface area contributed by atoms with Gasteiger partial charge >= 0.3 is 0 Å². The summed E-state index contributed by atoms with van der Waals surface area (Å²) in [5, 5.41) is 8.36. The summed E-state index contributed by atoms with van der Waals surface area (Å²) in [6.45, 7) is 6.38. The van der Waals surface area contributed by atoms with Crippen molar-refractivity contribution in [3.05, 3.63) is 75.6 Å². The van der Waals surface area contributed by atoms with Gasteiger partial charge in [0.25, 0.3) is 0 Å². The molecule has 2 aromatic carbocycles. The van der Waals surface area contributed by atoms with Crippen molar-refractivity contribution in [1.29, 1.82) is 5.41 Å². The number of hydrogen-bond donors (Lipinski definition) is 2. The number of benzene rings is 2. The van der Waals surface area contributed by atoms with Crippen LogP contribution in [0.15, 0.2) is 48.4 Å². The van der Waals surface area contributed by atoms with Gasteiger partial charge in [-0.05, 0) is 59.7 Å². The minimum Gasteiger partial charge on any atom is -0.493 e. The average Bonchev–Trinajstić information content (AvgIpc) is 2.79. The molecule has 1 atom stereocenters. The molecule has 32 heavy (non-hydrogen) atoms. The summed E-state index contributed by atoms with van der Waals surface area (Å²) < 4.78 is 11.0. The lowest BCUT2D eigenvalue weighted by atomic mass is 9.83. The Bertz CT molecular complexity index is 1100. The summed E-state index contributed by atoms with van der Waals surface area (Å²) in [6.07, 6.45) is 3.64. The zero-order valence-corrected chi connectivity index (χ0v) is 19.6. The van der Waals surface area contributed by atoms with Crippen molar-refractivity contribution >= 4 is 34.7 Å². The maximum absolute atomic E-state index is 13.6. The van der Waals surface area contributed by atoms with E-state index in [9.17, 15) is 4.79 Å². The van der Waals surface area contributed by atoms with Gasteiger partial charge in [0.05, 0.1) is 25.2 Å². The van der Waals surface area contributed by atoms with E-state index in [1.54, 1.807) is 6.07 Å². The molecule has 0 amide bonds. The van der Waals surface area contributed by atoms with Crippen LogP contribution in [0.2, 0.25) is 5.02 Å². The lowest BCUT2D eigenvalue weighted by Crippen LogP contribution is -2.29. The summed E-state index contributed by atoms with van der Waals surface area (Å²) >= 11 is 6.14. The van der Waals surface area contributed by atoms with E-state index in [1.165, 1.54) is 13.3 Å². The van der Waals surface area contributed by atoms with Crippen molar-refractivity contribution in [2.45, 2.75) is 33.1 Å². The van der Waals surface area contributed by atoms with Gasteiger partial charge in [-0.1, -0.05) is 49.7 Å². The van der Waals surface area contributed by atoms with E-state index in [0.29, 0.717) is 29.2 Å². The second-order valence-electron chi connectivity index (χ2n) is 8.11. The maximum Gasteiger partial charge on any atom is 0.193 e. The minimum atomic E-state index is -0.284. The summed E-state index contributed by atoms with van der Waals surface area (Å²) in [5.74, 6) is 0.890. The predicted molar refractivity (Wildman–Crippen MR) is 130 cm³/mol. The molecule has 3 N–H and O–H groups in total. The Morgan fingerprint density at radius 2 is 2.03 bits per heavy atom. The Hall–Kier alpha value is -3.05. The number of carbonyl (C=O) groups excluding carboxylic acids is 1. The van der Waals surface area contributed by atoms with Gasteiger partial charge in [-0.15, -0.1) is 0 Å². The van der Waals surface area contributed by atoms with Gasteiger partial charge in [0.1, 0.15) is 5.75 Å². The van der Waals surface area contributed by atoms with E-state index < -0.39 is 0 Å². The fraction of sp³-hybridized carbons (Fsp3) is 0.308. The fourth-order valence-electron chi connectivity index (χ4n) is 4.04. The molecule has 0 spiro atoms. The fourth-order valence-corrected chi connectivity index (χ4v) is 4.24. The van der Waals surface area contributed by atoms with Crippen LogP contribution >= 0.6 is 11.6 Å². The van der Waals surface area contributed by atoms with Crippen LogP contribution in [-0.2, 0) is 16.0 Å². The highest BCUT2D eigenvalue weighted by Crippen LogP contribution is 2.35. The number of nitrogens with one attached hydrogen (secondary N) is 1. The first kappa shape index (κ1) is 23.6. The highest BCUT2D eigenvalue weighted by atomic mass is 35.5. The SMILES string of the molecule is C/C=C(/C(=O)C1COc2ccc(Cl)cc2C1)c1ccc(/C(C=N)=C(/N)OC)cc1C(C)C. The molecular weight excluding hydrogens is 424 g/mol. The number of allylic oxidation sites excluding steroid dienone is 3. The third-order valence-corrected chi connectivity index (χ3v) is 5.99. The largest absolute Gasteiger partial charge is 0.493 e. The molecule has 1 heterocycles. The van der Waals surface area contributed by atoms with E-state index in [1.807, 2.05) is 43.3 Å². The number of carbonyl (C=O) groups is 1. The second kappa shape index (κ2) is 10.0. The van der Waals surface area contributed by atoms with Gasteiger partial charge in [0.2, 0.25) is 0 Å². The van der Waals surface area contributed by atoms with Crippen LogP contribution in [0, 0.1) is 11.3 Å². The predicted octanol–water partition coefficient (Wildman–Crippen LogP) is 5.61. The first-order chi connectivity index (χ1) is 15.3. The first-order valence-corrected chi connectivity index (χ1v) is 11.0. The van der Waals surface area contributed by atoms with Crippen LogP contribution in [-0.4, -0.2) is 25.7 Å². The molecule has 168 valence electrons. The lowest BCUT2D eigenvalue weighted by Gasteiger charge is -2.26. The molecule has 1 unspecified atom stereocenters. The van der Waals surface area contributed by atoms with Gasteiger partial charge in [0, 0.05) is 16.8 Å². The molecule has 0 fully saturated rings. The molecule has 0 saturated heterocycles. The molecule has 3 rings (SSSR count). The number of fused-ring (bicyclic) bond motifs is 1. The summed E-state index contributed by atoms with van der Waals surface area (Å²) in [6, 6.07) is 11.3. The number of hydrogen-bond acceptors (Lipinski definition) is 5. The Kier molecular flexibility index (Phi) is 7.41. The Labute approximate surface area is 194 Å². The zero-order chi connectivity index (χ0) is 23.4. The molecule has 0 aliphatic carbocycles. The molecule has 0 aromatic heterocycles. The van der Waals surface area contributed by atoms with Crippen LogP contribution in [0.25, 0.3) is 11.1 Å². The molecule has 1 aliphatic heterocycles. The van der Waals surface area contributed by atoms with Crippen molar-refractivity contribution in [3.8, 4) is 5.75 Å². The van der Waals surface area contributed by atoms with Gasteiger partial charge in [0.15, 0.2) is 11.7 Å². The second-order valence-corrected chi connectivity index (χ2v) is 8.55. The van der Waals surface area contributed by atoms with E-state index in [4.69, 9.17) is 32.2 Å². The number of Topliss-reactive ketones (excluding diaryl/α,β-unsaturated/α-hetero) is 1. The number of ether oxygens (including phenoxy) is 2. The average molecular weight is 453 g/mol. The monoisotopic (exact) mass is 452 g/mol. The molecule has 5 nitrogen and oxygen atoms in total. The normalized spacial score (nSPS) is 16.7. The van der Waals surface area contributed by atoms with Crippen LogP contribution in [0.4, 0.5) is 0 Å². The molecule has 2 aromatic rings. The van der Waals surface area contributed by atoms with Crippen LogP contribution in [0.5, 0.6) is 5.75 Å². The number of ketones is 1. The van der Waals surface area contributed by atoms with Crippen LogP contribution in [0.3, 0.4) is 0 Å². The number of methoxy groups -OCH3 is 1. The molecule has 0 radical (unpaired) electrons. The van der Waals surface area contributed by atoms with Gasteiger partial charge in [-0.3, -0.25) is 4.79 Å². The van der Waals surface area contributed by atoms with Gasteiger partial charge in [-0.2, -0.15) is 0 Å². The standard InChI is InChI=1S/C26H29ClN2O3/c1-5-20(25(30)18-10-17-11-19(27)7-9-24(17)32-14-18)21-8-6-16(12-22(21)15(2)3)23(13-28)26(29)31-4/h5-9,11-13,15,18,28H,10,14,29H2,1-4H3/b20-5+,26-23-,28-13?. The van der Waals surface area contributed by atoms with E-state index in [2.05, 4.69) is 13.8 Å². The smallest absolute Gasteiger partial charge is 0.193 e. The first-order valence-electron chi connectivity index (χ1n) is 10.6. The Morgan fingerprint density at radius 3 is 2.66 bits per heavy atom. The Balaban J connectivity index is 1.98. The van der Waals surface area contributed by atoms with Crippen molar-refractivity contribution in [2.24, 2.45) is 11.7 Å². The van der Waals surface area contributed by atoms with Gasteiger partial charge in [-0.25, -0.2) is 0 Å². The lowest BCUT2D eigenvalue weighted by molar-refractivity contribution is -0.118. The van der Waals surface area contributed by atoms with E-state index in [0.717, 1.165) is 28.0 Å². The number of nitrogens with two attached hydrogens (primary N) is 1. The third-order valence-electron chi connectivity index (χ3n) is 5.76. The number of halogens is 1. The highest BCUT2D eigenvalue weighted by Gasteiger charge is 2.29. The molecule has 0 saturated carbocycles. The molecule has 0 bridgehead atoms. The molecular formula is C26H29ClN2O3. The molecule has 1 aliphatic rings. The summed E-state index contributed by atoms with van der Waals surface area (Å²) in [5.41, 5.74) is 10.7. The topological polar surface area (TPSA) is 85.4 Å². The zero-order valence-electron chi connectivity index (χ0n) is 18.9. The number of rotatable bonds is 7. The van der Waals surface area contributed by atoms with Crippen molar-refractivity contribution in [2.75, 3.05) is 13.7 Å². The van der Waals surface area contributed by atoms with Crippen molar-refractivity contribution in [3.63, 3.8) is 0 Å². The summed E-state index contributed by atoms with van der Waals surface area (Å²) in [7, 11) is 1.48. The van der Waals surface area contributed by atoms with Crippen molar-refractivity contribution in [1.82, 2.24) is 0 Å². The quantitative estimate of drug-likeness (QED) is 0.325. The van der Waals surface area contributed by atoms with Gasteiger partial charge < -0.3 is 20.6 Å². The Morgan fingerprint density at radius 1 is 1.28 bits per heavy atom. The summed E-state index contributed by atoms with van der Waals surface area (Å²) in [4.78, 5) is 13.6. The minimum absolute atomic E-state index is 0.0481. The van der Waals surface area contributed by atoms with E-state index in [-0.39, 0.29) is 23.5 Å². The van der Waals surface area contributed by atoms with E-state index >= 15 is 0 Å².